The van der Waals surface area contributed by atoms with Crippen molar-refractivity contribution < 1.29 is 13.3 Å². The van der Waals surface area contributed by atoms with Gasteiger partial charge in [-0.2, -0.15) is 0 Å². The summed E-state index contributed by atoms with van der Waals surface area (Å²) >= 11 is 5.68. The number of benzene rings is 2. The van der Waals surface area contributed by atoms with Crippen LogP contribution >= 0.6 is 11.6 Å². The molecule has 1 aromatic heterocycles. The number of nitrogens with one attached hydrogen (secondary N) is 1. The van der Waals surface area contributed by atoms with Gasteiger partial charge in [-0.25, -0.2) is 8.78 Å². The van der Waals surface area contributed by atoms with Gasteiger partial charge >= 0.3 is 0 Å². The van der Waals surface area contributed by atoms with Crippen molar-refractivity contribution in [2.75, 3.05) is 5.32 Å². The highest BCUT2D eigenvalue weighted by Gasteiger charge is 2.12. The molecule has 3 rings (SSSR count). The Morgan fingerprint density at radius 2 is 1.95 bits per heavy atom. The molecule has 0 aliphatic carbocycles. The molecular formula is C13H7ClF2N2O. The van der Waals surface area contributed by atoms with Crippen LogP contribution in [0, 0.1) is 11.6 Å². The predicted octanol–water partition coefficient (Wildman–Crippen LogP) is 4.50. The zero-order valence-corrected chi connectivity index (χ0v) is 10.2. The van der Waals surface area contributed by atoms with Crippen molar-refractivity contribution in [3.05, 3.63) is 53.1 Å². The van der Waals surface area contributed by atoms with Crippen LogP contribution in [-0.2, 0) is 0 Å². The van der Waals surface area contributed by atoms with E-state index in [1.54, 1.807) is 12.1 Å². The first-order valence-corrected chi connectivity index (χ1v) is 5.79. The van der Waals surface area contributed by atoms with Crippen LogP contribution in [0.2, 0.25) is 5.02 Å². The Bertz CT molecular complexity index is 757. The molecule has 19 heavy (non-hydrogen) atoms. The molecule has 6 heteroatoms. The van der Waals surface area contributed by atoms with Crippen molar-refractivity contribution >= 4 is 34.1 Å². The van der Waals surface area contributed by atoms with Gasteiger partial charge in [0.25, 0.3) is 0 Å². The van der Waals surface area contributed by atoms with Crippen molar-refractivity contribution in [2.24, 2.45) is 0 Å². The second kappa shape index (κ2) is 4.51. The minimum atomic E-state index is -0.511. The summed E-state index contributed by atoms with van der Waals surface area (Å²) in [6.45, 7) is 0. The number of fused-ring (bicyclic) bond motifs is 1. The Labute approximate surface area is 111 Å². The summed E-state index contributed by atoms with van der Waals surface area (Å²) in [6.07, 6.45) is 0. The smallest absolute Gasteiger partial charge is 0.204 e. The second-order valence-electron chi connectivity index (χ2n) is 3.90. The van der Waals surface area contributed by atoms with Gasteiger partial charge in [-0.15, -0.1) is 0 Å². The van der Waals surface area contributed by atoms with Crippen LogP contribution in [0.5, 0.6) is 0 Å². The minimum absolute atomic E-state index is 0.0102. The van der Waals surface area contributed by atoms with E-state index in [-0.39, 0.29) is 10.6 Å². The molecule has 0 saturated carbocycles. The van der Waals surface area contributed by atoms with E-state index < -0.39 is 11.6 Å². The maximum atomic E-state index is 13.4. The van der Waals surface area contributed by atoms with Crippen molar-refractivity contribution in [3.63, 3.8) is 0 Å². The lowest BCUT2D eigenvalue weighted by Gasteiger charge is -2.03. The van der Waals surface area contributed by atoms with Gasteiger partial charge in [0.05, 0.1) is 10.4 Å². The number of aromatic nitrogens is 1. The first-order valence-electron chi connectivity index (χ1n) is 5.41. The molecule has 0 amide bonds. The van der Waals surface area contributed by atoms with Crippen LogP contribution < -0.4 is 5.32 Å². The third kappa shape index (κ3) is 2.13. The molecule has 0 spiro atoms. The van der Waals surface area contributed by atoms with E-state index >= 15 is 0 Å². The molecular weight excluding hydrogens is 274 g/mol. The van der Waals surface area contributed by atoms with Gasteiger partial charge in [-0.1, -0.05) is 22.8 Å². The van der Waals surface area contributed by atoms with Crippen LogP contribution in [0.15, 0.2) is 40.9 Å². The van der Waals surface area contributed by atoms with Crippen molar-refractivity contribution in [1.29, 1.82) is 0 Å². The Kier molecular flexibility index (Phi) is 2.83. The lowest BCUT2D eigenvalue weighted by Crippen LogP contribution is -1.91. The van der Waals surface area contributed by atoms with Gasteiger partial charge in [-0.05, 0) is 30.3 Å². The summed E-state index contributed by atoms with van der Waals surface area (Å²) in [5.41, 5.74) is 0.601. The summed E-state index contributed by atoms with van der Waals surface area (Å²) in [5.74, 6) is -0.657. The maximum Gasteiger partial charge on any atom is 0.204 e. The Balaban J connectivity index is 2.01. The Morgan fingerprint density at radius 1 is 1.11 bits per heavy atom. The van der Waals surface area contributed by atoms with Gasteiger partial charge in [0.15, 0.2) is 11.6 Å². The number of halogens is 3. The molecule has 96 valence electrons. The first-order chi connectivity index (χ1) is 9.15. The molecule has 0 aliphatic rings. The fourth-order valence-corrected chi connectivity index (χ4v) is 1.91. The van der Waals surface area contributed by atoms with Gasteiger partial charge in [0.2, 0.25) is 5.58 Å². The molecule has 2 aromatic carbocycles. The minimum Gasteiger partial charge on any atom is -0.351 e. The highest BCUT2D eigenvalue weighted by Crippen LogP contribution is 2.28. The number of hydrogen-bond donors (Lipinski definition) is 1. The topological polar surface area (TPSA) is 38.1 Å². The summed E-state index contributed by atoms with van der Waals surface area (Å²) in [6, 6.07) is 8.65. The predicted molar refractivity (Wildman–Crippen MR) is 68.7 cm³/mol. The Hall–Kier alpha value is -2.14. The van der Waals surface area contributed by atoms with E-state index in [2.05, 4.69) is 10.5 Å². The fourth-order valence-electron chi connectivity index (χ4n) is 1.73. The average Bonchev–Trinajstić information content (AvgIpc) is 2.79. The maximum absolute atomic E-state index is 13.4. The fraction of sp³-hybridized carbons (Fsp3) is 0. The zero-order valence-electron chi connectivity index (χ0n) is 9.45. The first kappa shape index (κ1) is 11.9. The Morgan fingerprint density at radius 3 is 2.74 bits per heavy atom. The van der Waals surface area contributed by atoms with Crippen molar-refractivity contribution in [3.8, 4) is 0 Å². The molecule has 0 aliphatic heterocycles. The van der Waals surface area contributed by atoms with Gasteiger partial charge in [0.1, 0.15) is 5.82 Å². The van der Waals surface area contributed by atoms with E-state index in [0.29, 0.717) is 16.9 Å². The normalized spacial score (nSPS) is 10.9. The van der Waals surface area contributed by atoms with Gasteiger partial charge < -0.3 is 9.84 Å². The van der Waals surface area contributed by atoms with Crippen LogP contribution in [0.25, 0.3) is 11.0 Å². The molecule has 3 aromatic rings. The number of hydrogen-bond acceptors (Lipinski definition) is 3. The summed E-state index contributed by atoms with van der Waals surface area (Å²) < 4.78 is 31.4. The summed E-state index contributed by atoms with van der Waals surface area (Å²) in [5, 5.41) is 7.13. The molecule has 0 saturated heterocycles. The van der Waals surface area contributed by atoms with E-state index in [9.17, 15) is 8.78 Å². The van der Waals surface area contributed by atoms with Crippen LogP contribution in [0.3, 0.4) is 0 Å². The molecule has 0 unspecified atom stereocenters. The number of rotatable bonds is 2. The van der Waals surface area contributed by atoms with Crippen LogP contribution in [0.1, 0.15) is 0 Å². The molecule has 1 heterocycles. The lowest BCUT2D eigenvalue weighted by atomic mass is 10.2. The molecule has 3 nitrogen and oxygen atoms in total. The van der Waals surface area contributed by atoms with Crippen LogP contribution in [0.4, 0.5) is 20.3 Å². The highest BCUT2D eigenvalue weighted by atomic mass is 35.5. The number of anilines is 2. The van der Waals surface area contributed by atoms with E-state index in [0.717, 1.165) is 0 Å². The lowest BCUT2D eigenvalue weighted by molar-refractivity contribution is 0.443. The zero-order chi connectivity index (χ0) is 13.4. The summed E-state index contributed by atoms with van der Waals surface area (Å²) in [7, 11) is 0. The van der Waals surface area contributed by atoms with E-state index in [1.165, 1.54) is 24.3 Å². The van der Waals surface area contributed by atoms with Crippen LogP contribution in [-0.4, -0.2) is 5.16 Å². The quantitative estimate of drug-likeness (QED) is 0.751. The van der Waals surface area contributed by atoms with Gasteiger partial charge in [-0.3, -0.25) is 0 Å². The third-order valence-electron chi connectivity index (χ3n) is 2.63. The summed E-state index contributed by atoms with van der Waals surface area (Å²) in [4.78, 5) is 0. The number of nitrogens with zero attached hydrogens (tertiary/aromatic N) is 1. The second-order valence-corrected chi connectivity index (χ2v) is 4.31. The molecule has 0 radical (unpaired) electrons. The molecule has 1 N–H and O–H groups in total. The largest absolute Gasteiger partial charge is 0.351 e. The highest BCUT2D eigenvalue weighted by molar-refractivity contribution is 6.31. The van der Waals surface area contributed by atoms with Crippen molar-refractivity contribution in [1.82, 2.24) is 5.16 Å². The monoisotopic (exact) mass is 280 g/mol. The third-order valence-corrected chi connectivity index (χ3v) is 2.92. The molecule has 0 fully saturated rings. The molecule has 0 atom stereocenters. The SMILES string of the molecule is Fc1ccc(Nc2noc3c(F)cccc23)cc1Cl. The molecule has 0 bridgehead atoms. The van der Waals surface area contributed by atoms with E-state index in [4.69, 9.17) is 16.1 Å². The standard InChI is InChI=1S/C13H7ClF2N2O/c14-9-6-7(4-5-10(9)15)17-13-8-2-1-3-11(16)12(8)19-18-13/h1-6H,(H,17,18). The number of para-hydroxylation sites is 1. The van der Waals surface area contributed by atoms with Gasteiger partial charge in [0, 0.05) is 5.69 Å². The van der Waals surface area contributed by atoms with E-state index in [1.807, 2.05) is 0 Å². The average molecular weight is 281 g/mol. The van der Waals surface area contributed by atoms with Crippen molar-refractivity contribution in [2.45, 2.75) is 0 Å².